The molecule has 0 aliphatic carbocycles. The highest BCUT2D eigenvalue weighted by atomic mass is 16.5. The van der Waals surface area contributed by atoms with Crippen molar-refractivity contribution in [2.45, 2.75) is 13.3 Å². The lowest BCUT2D eigenvalue weighted by molar-refractivity contribution is -0.139. The number of allylic oxidation sites excluding steroid dienone is 2. The summed E-state index contributed by atoms with van der Waals surface area (Å²) >= 11 is 0. The van der Waals surface area contributed by atoms with Crippen LogP contribution in [0.25, 0.3) is 5.57 Å². The second kappa shape index (κ2) is 7.99. The van der Waals surface area contributed by atoms with E-state index in [1.165, 1.54) is 7.11 Å². The second-order valence-corrected chi connectivity index (χ2v) is 5.08. The molecule has 0 saturated heterocycles. The Morgan fingerprint density at radius 1 is 0.909 bits per heavy atom. The van der Waals surface area contributed by atoms with Crippen molar-refractivity contribution in [3.05, 3.63) is 89.5 Å². The van der Waals surface area contributed by atoms with Crippen LogP contribution in [0.3, 0.4) is 0 Å². The minimum Gasteiger partial charge on any atom is -0.469 e. The predicted molar refractivity (Wildman–Crippen MR) is 90.4 cm³/mol. The van der Waals surface area contributed by atoms with Crippen LogP contribution in [0.4, 0.5) is 0 Å². The molecule has 0 spiro atoms. The third kappa shape index (κ3) is 4.45. The van der Waals surface area contributed by atoms with Crippen LogP contribution in [0.5, 0.6) is 0 Å². The van der Waals surface area contributed by atoms with Gasteiger partial charge >= 0.3 is 5.97 Å². The molecule has 2 aromatic carbocycles. The van der Waals surface area contributed by atoms with E-state index in [1.54, 1.807) is 0 Å². The largest absolute Gasteiger partial charge is 0.469 e. The van der Waals surface area contributed by atoms with Gasteiger partial charge in [-0.25, -0.2) is 0 Å². The van der Waals surface area contributed by atoms with E-state index in [-0.39, 0.29) is 5.97 Å². The highest BCUT2D eigenvalue weighted by Crippen LogP contribution is 2.23. The van der Waals surface area contributed by atoms with Gasteiger partial charge in [0, 0.05) is 0 Å². The molecule has 0 amide bonds. The summed E-state index contributed by atoms with van der Waals surface area (Å²) in [5, 5.41) is 0. The lowest BCUT2D eigenvalue weighted by Crippen LogP contribution is -1.99. The van der Waals surface area contributed by atoms with E-state index in [4.69, 9.17) is 4.74 Å². The zero-order valence-electron chi connectivity index (χ0n) is 13.0. The first kappa shape index (κ1) is 15.8. The summed E-state index contributed by atoms with van der Waals surface area (Å²) in [6.07, 6.45) is 4.35. The van der Waals surface area contributed by atoms with Gasteiger partial charge in [-0.05, 0) is 23.6 Å². The van der Waals surface area contributed by atoms with Crippen molar-refractivity contribution in [2.75, 3.05) is 7.11 Å². The number of methoxy groups -OCH3 is 1. The molecule has 0 saturated carbocycles. The van der Waals surface area contributed by atoms with Crippen LogP contribution >= 0.6 is 0 Å². The number of rotatable bonds is 5. The number of carbonyl (C=O) groups excluding carboxylic acids is 1. The zero-order chi connectivity index (χ0) is 15.8. The number of hydrogen-bond donors (Lipinski definition) is 0. The third-order valence-electron chi connectivity index (χ3n) is 3.35. The van der Waals surface area contributed by atoms with Crippen molar-refractivity contribution < 1.29 is 9.53 Å². The fourth-order valence-electron chi connectivity index (χ4n) is 2.18. The minimum absolute atomic E-state index is 0.219. The quantitative estimate of drug-likeness (QED) is 0.593. The molecule has 2 nitrogen and oxygen atoms in total. The molecule has 0 bridgehead atoms. The van der Waals surface area contributed by atoms with Gasteiger partial charge in [0.25, 0.3) is 0 Å². The van der Waals surface area contributed by atoms with Gasteiger partial charge in [0.05, 0.1) is 13.5 Å². The normalized spacial score (nSPS) is 10.9. The van der Waals surface area contributed by atoms with Crippen molar-refractivity contribution in [2.24, 2.45) is 0 Å². The molecule has 2 heteroatoms. The Kier molecular flexibility index (Phi) is 5.73. The summed E-state index contributed by atoms with van der Waals surface area (Å²) in [5.41, 5.74) is 4.40. The Bertz CT molecular complexity index is 626. The molecular formula is C20H20O2. The predicted octanol–water partition coefficient (Wildman–Crippen LogP) is 4.63. The van der Waals surface area contributed by atoms with Gasteiger partial charge in [-0.15, -0.1) is 0 Å². The summed E-state index contributed by atoms with van der Waals surface area (Å²) in [6, 6.07) is 20.5. The van der Waals surface area contributed by atoms with E-state index >= 15 is 0 Å². The van der Waals surface area contributed by atoms with Crippen LogP contribution in [0.2, 0.25) is 0 Å². The lowest BCUT2D eigenvalue weighted by atomic mass is 9.97. The van der Waals surface area contributed by atoms with Crippen LogP contribution in [-0.2, 0) is 9.53 Å². The van der Waals surface area contributed by atoms with Gasteiger partial charge < -0.3 is 4.74 Å². The average Bonchev–Trinajstić information content (AvgIpc) is 2.57. The van der Waals surface area contributed by atoms with Crippen molar-refractivity contribution in [1.29, 1.82) is 0 Å². The average molecular weight is 292 g/mol. The molecule has 0 aromatic heterocycles. The van der Waals surface area contributed by atoms with Gasteiger partial charge in [0.15, 0.2) is 0 Å². The minimum atomic E-state index is -0.219. The first-order chi connectivity index (χ1) is 10.7. The van der Waals surface area contributed by atoms with Crippen LogP contribution in [-0.4, -0.2) is 13.1 Å². The Labute approximate surface area is 131 Å². The van der Waals surface area contributed by atoms with E-state index in [0.717, 1.165) is 22.3 Å². The molecule has 112 valence electrons. The van der Waals surface area contributed by atoms with E-state index in [1.807, 2.05) is 49.4 Å². The summed E-state index contributed by atoms with van der Waals surface area (Å²) in [4.78, 5) is 11.3. The molecular weight excluding hydrogens is 272 g/mol. The van der Waals surface area contributed by atoms with Gasteiger partial charge in [-0.1, -0.05) is 78.4 Å². The number of ether oxygens (including phenoxy) is 1. The van der Waals surface area contributed by atoms with Crippen LogP contribution in [0.1, 0.15) is 24.5 Å². The van der Waals surface area contributed by atoms with Gasteiger partial charge in [0.1, 0.15) is 0 Å². The molecule has 22 heavy (non-hydrogen) atoms. The van der Waals surface area contributed by atoms with E-state index < -0.39 is 0 Å². The highest BCUT2D eigenvalue weighted by molar-refractivity contribution is 5.81. The maximum absolute atomic E-state index is 11.3. The standard InChI is InChI=1S/C20H20O2/c1-16(15-20(21)22-2)13-14-19(17-9-5-3-6-10-17)18-11-7-4-8-12-18/h3-14H,15H2,1-2H3/b16-13+. The Morgan fingerprint density at radius 2 is 1.41 bits per heavy atom. The maximum atomic E-state index is 11.3. The van der Waals surface area contributed by atoms with Crippen LogP contribution in [0.15, 0.2) is 78.4 Å². The smallest absolute Gasteiger partial charge is 0.309 e. The monoisotopic (exact) mass is 292 g/mol. The zero-order valence-corrected chi connectivity index (χ0v) is 13.0. The first-order valence-electron chi connectivity index (χ1n) is 7.26. The fourth-order valence-corrected chi connectivity index (χ4v) is 2.18. The second-order valence-electron chi connectivity index (χ2n) is 5.08. The molecule has 0 atom stereocenters. The molecule has 0 unspecified atom stereocenters. The summed E-state index contributed by atoms with van der Waals surface area (Å²) in [7, 11) is 1.41. The van der Waals surface area contributed by atoms with Crippen molar-refractivity contribution in [3.63, 3.8) is 0 Å². The van der Waals surface area contributed by atoms with Crippen molar-refractivity contribution >= 4 is 11.5 Å². The van der Waals surface area contributed by atoms with Crippen molar-refractivity contribution in [3.8, 4) is 0 Å². The van der Waals surface area contributed by atoms with Gasteiger partial charge in [-0.3, -0.25) is 4.79 Å². The molecule has 0 aliphatic rings. The summed E-state index contributed by atoms with van der Waals surface area (Å²) in [6.45, 7) is 1.93. The van der Waals surface area contributed by atoms with E-state index in [0.29, 0.717) is 6.42 Å². The SMILES string of the molecule is COC(=O)C/C(C)=C/C=C(c1ccccc1)c1ccccc1. The highest BCUT2D eigenvalue weighted by Gasteiger charge is 2.04. The molecule has 0 N–H and O–H groups in total. The fraction of sp³-hybridized carbons (Fsp3) is 0.150. The third-order valence-corrected chi connectivity index (χ3v) is 3.35. The molecule has 0 fully saturated rings. The van der Waals surface area contributed by atoms with Crippen molar-refractivity contribution in [1.82, 2.24) is 0 Å². The Morgan fingerprint density at radius 3 is 1.86 bits per heavy atom. The maximum Gasteiger partial charge on any atom is 0.309 e. The number of benzene rings is 2. The van der Waals surface area contributed by atoms with E-state index in [9.17, 15) is 4.79 Å². The van der Waals surface area contributed by atoms with Crippen LogP contribution in [0, 0.1) is 0 Å². The summed E-state index contributed by atoms with van der Waals surface area (Å²) in [5.74, 6) is -0.219. The molecule has 0 aliphatic heterocycles. The van der Waals surface area contributed by atoms with E-state index in [2.05, 4.69) is 30.3 Å². The Balaban J connectivity index is 2.35. The summed E-state index contributed by atoms with van der Waals surface area (Å²) < 4.78 is 4.70. The van der Waals surface area contributed by atoms with Gasteiger partial charge in [-0.2, -0.15) is 0 Å². The number of carbonyl (C=O) groups is 1. The molecule has 2 rings (SSSR count). The molecule has 0 heterocycles. The van der Waals surface area contributed by atoms with Gasteiger partial charge in [0.2, 0.25) is 0 Å². The number of hydrogen-bond acceptors (Lipinski definition) is 2. The molecule has 0 radical (unpaired) electrons. The molecule has 2 aromatic rings. The van der Waals surface area contributed by atoms with Crippen LogP contribution < -0.4 is 0 Å². The first-order valence-corrected chi connectivity index (χ1v) is 7.26. The topological polar surface area (TPSA) is 26.3 Å². The number of esters is 1. The lowest BCUT2D eigenvalue weighted by Gasteiger charge is -2.08. The Hall–Kier alpha value is -2.61.